The lowest BCUT2D eigenvalue weighted by Crippen LogP contribution is -2.12. The van der Waals surface area contributed by atoms with Crippen LogP contribution in [0.5, 0.6) is 5.75 Å². The van der Waals surface area contributed by atoms with E-state index in [9.17, 15) is 14.7 Å². The smallest absolute Gasteiger partial charge is 0.255 e. The van der Waals surface area contributed by atoms with Crippen molar-refractivity contribution >= 4 is 23.2 Å². The first-order valence-electron chi connectivity index (χ1n) is 6.02. The lowest BCUT2D eigenvalue weighted by molar-refractivity contribution is -0.114. The molecule has 2 amide bonds. The van der Waals surface area contributed by atoms with Crippen molar-refractivity contribution < 1.29 is 14.7 Å². The number of nitrogens with one attached hydrogen (secondary N) is 2. The third-order valence-electron chi connectivity index (χ3n) is 2.57. The molecule has 5 nitrogen and oxygen atoms in total. The van der Waals surface area contributed by atoms with Crippen LogP contribution in [0, 0.1) is 0 Å². The number of phenolic OH excluding ortho intramolecular Hbond substituents is 1. The summed E-state index contributed by atoms with van der Waals surface area (Å²) in [6.45, 7) is 1.42. The molecule has 0 aliphatic heterocycles. The summed E-state index contributed by atoms with van der Waals surface area (Å²) in [6.07, 6.45) is 0. The Morgan fingerprint density at radius 1 is 0.950 bits per heavy atom. The van der Waals surface area contributed by atoms with Crippen LogP contribution >= 0.6 is 0 Å². The summed E-state index contributed by atoms with van der Waals surface area (Å²) in [5, 5.41) is 14.5. The Kier molecular flexibility index (Phi) is 4.00. The number of amides is 2. The van der Waals surface area contributed by atoms with Crippen molar-refractivity contribution in [1.82, 2.24) is 0 Å². The average molecular weight is 270 g/mol. The Bertz CT molecular complexity index is 636. The fraction of sp³-hybridized carbons (Fsp3) is 0.0667. The van der Waals surface area contributed by atoms with Crippen LogP contribution in [0.4, 0.5) is 11.4 Å². The first-order chi connectivity index (χ1) is 9.54. The molecular weight excluding hydrogens is 256 g/mol. The second-order valence-corrected chi connectivity index (χ2v) is 4.26. The maximum Gasteiger partial charge on any atom is 0.255 e. The Balaban J connectivity index is 2.11. The molecule has 0 atom stereocenters. The molecule has 0 heterocycles. The third-order valence-corrected chi connectivity index (χ3v) is 2.57. The summed E-state index contributed by atoms with van der Waals surface area (Å²) in [7, 11) is 0. The van der Waals surface area contributed by atoms with Gasteiger partial charge in [-0.1, -0.05) is 6.07 Å². The Labute approximate surface area is 116 Å². The van der Waals surface area contributed by atoms with Crippen molar-refractivity contribution in [3.8, 4) is 5.75 Å². The SMILES string of the molecule is CC(=O)Nc1cccc(NC(=O)c2ccc(O)cc2)c1. The van der Waals surface area contributed by atoms with Crippen molar-refractivity contribution in [2.24, 2.45) is 0 Å². The predicted octanol–water partition coefficient (Wildman–Crippen LogP) is 2.60. The molecule has 102 valence electrons. The van der Waals surface area contributed by atoms with Crippen LogP contribution in [0.3, 0.4) is 0 Å². The normalized spacial score (nSPS) is 9.85. The molecule has 0 aliphatic carbocycles. The second-order valence-electron chi connectivity index (χ2n) is 4.26. The van der Waals surface area contributed by atoms with Gasteiger partial charge in [-0.05, 0) is 42.5 Å². The molecule has 0 unspecified atom stereocenters. The van der Waals surface area contributed by atoms with Crippen LogP contribution in [0.15, 0.2) is 48.5 Å². The minimum atomic E-state index is -0.287. The van der Waals surface area contributed by atoms with E-state index < -0.39 is 0 Å². The molecule has 0 radical (unpaired) electrons. The number of carbonyl (C=O) groups excluding carboxylic acids is 2. The highest BCUT2D eigenvalue weighted by molar-refractivity contribution is 6.04. The van der Waals surface area contributed by atoms with E-state index >= 15 is 0 Å². The van der Waals surface area contributed by atoms with E-state index in [-0.39, 0.29) is 17.6 Å². The molecule has 0 aromatic heterocycles. The Morgan fingerprint density at radius 3 is 2.15 bits per heavy atom. The van der Waals surface area contributed by atoms with E-state index in [1.54, 1.807) is 24.3 Å². The van der Waals surface area contributed by atoms with Gasteiger partial charge >= 0.3 is 0 Å². The number of hydrogen-bond donors (Lipinski definition) is 3. The molecule has 5 heteroatoms. The van der Waals surface area contributed by atoms with Crippen LogP contribution in [0.2, 0.25) is 0 Å². The topological polar surface area (TPSA) is 78.4 Å². The third kappa shape index (κ3) is 3.58. The van der Waals surface area contributed by atoms with Crippen LogP contribution in [-0.2, 0) is 4.79 Å². The highest BCUT2D eigenvalue weighted by Crippen LogP contribution is 2.17. The average Bonchev–Trinajstić information content (AvgIpc) is 2.39. The second kappa shape index (κ2) is 5.88. The summed E-state index contributed by atoms with van der Waals surface area (Å²) in [5.74, 6) is -0.355. The van der Waals surface area contributed by atoms with Crippen molar-refractivity contribution in [2.45, 2.75) is 6.92 Å². The number of phenols is 1. The van der Waals surface area contributed by atoms with Crippen LogP contribution in [0.1, 0.15) is 17.3 Å². The molecule has 0 spiro atoms. The number of rotatable bonds is 3. The van der Waals surface area contributed by atoms with Gasteiger partial charge in [0.2, 0.25) is 5.91 Å². The fourth-order valence-electron chi connectivity index (χ4n) is 1.69. The quantitative estimate of drug-likeness (QED) is 0.802. The summed E-state index contributed by atoms with van der Waals surface area (Å²) in [4.78, 5) is 23.0. The number of aromatic hydroxyl groups is 1. The van der Waals surface area contributed by atoms with E-state index in [0.717, 1.165) is 0 Å². The standard InChI is InChI=1S/C15H14N2O3/c1-10(18)16-12-3-2-4-13(9-12)17-15(20)11-5-7-14(19)8-6-11/h2-9,19H,1H3,(H,16,18)(H,17,20). The molecule has 0 fully saturated rings. The van der Waals surface area contributed by atoms with E-state index in [2.05, 4.69) is 10.6 Å². The molecule has 20 heavy (non-hydrogen) atoms. The van der Waals surface area contributed by atoms with Gasteiger partial charge in [0.25, 0.3) is 5.91 Å². The van der Waals surface area contributed by atoms with E-state index in [1.807, 2.05) is 0 Å². The molecular formula is C15H14N2O3. The van der Waals surface area contributed by atoms with Crippen LogP contribution < -0.4 is 10.6 Å². The zero-order valence-electron chi connectivity index (χ0n) is 10.9. The minimum absolute atomic E-state index is 0.106. The monoisotopic (exact) mass is 270 g/mol. The molecule has 2 aromatic rings. The highest BCUT2D eigenvalue weighted by atomic mass is 16.3. The summed E-state index contributed by atoms with van der Waals surface area (Å²) in [5.41, 5.74) is 1.63. The van der Waals surface area contributed by atoms with Crippen molar-refractivity contribution in [1.29, 1.82) is 0 Å². The molecule has 0 aliphatic rings. The summed E-state index contributed by atoms with van der Waals surface area (Å²) >= 11 is 0. The van der Waals surface area contributed by atoms with Gasteiger partial charge in [0.05, 0.1) is 0 Å². The van der Waals surface area contributed by atoms with E-state index in [0.29, 0.717) is 16.9 Å². The Hall–Kier alpha value is -2.82. The lowest BCUT2D eigenvalue weighted by atomic mass is 10.2. The number of benzene rings is 2. The molecule has 3 N–H and O–H groups in total. The van der Waals surface area contributed by atoms with Gasteiger partial charge in [-0.15, -0.1) is 0 Å². The van der Waals surface area contributed by atoms with Crippen LogP contribution in [-0.4, -0.2) is 16.9 Å². The largest absolute Gasteiger partial charge is 0.508 e. The van der Waals surface area contributed by atoms with Crippen molar-refractivity contribution in [3.05, 3.63) is 54.1 Å². The molecule has 0 bridgehead atoms. The molecule has 2 rings (SSSR count). The van der Waals surface area contributed by atoms with Gasteiger partial charge in [0.1, 0.15) is 5.75 Å². The fourth-order valence-corrected chi connectivity index (χ4v) is 1.69. The van der Waals surface area contributed by atoms with Gasteiger partial charge in [-0.25, -0.2) is 0 Å². The van der Waals surface area contributed by atoms with Crippen molar-refractivity contribution in [3.63, 3.8) is 0 Å². The van der Waals surface area contributed by atoms with E-state index in [4.69, 9.17) is 0 Å². The molecule has 0 saturated carbocycles. The van der Waals surface area contributed by atoms with Crippen LogP contribution in [0.25, 0.3) is 0 Å². The maximum atomic E-state index is 12.0. The summed E-state index contributed by atoms with van der Waals surface area (Å²) < 4.78 is 0. The first-order valence-corrected chi connectivity index (χ1v) is 6.02. The molecule has 0 saturated heterocycles. The summed E-state index contributed by atoms with van der Waals surface area (Å²) in [6, 6.07) is 12.8. The maximum absolute atomic E-state index is 12.0. The first kappa shape index (κ1) is 13.6. The predicted molar refractivity (Wildman–Crippen MR) is 76.8 cm³/mol. The van der Waals surface area contributed by atoms with Gasteiger partial charge < -0.3 is 15.7 Å². The Morgan fingerprint density at radius 2 is 1.55 bits per heavy atom. The number of hydrogen-bond acceptors (Lipinski definition) is 3. The van der Waals surface area contributed by atoms with Gasteiger partial charge in [-0.2, -0.15) is 0 Å². The zero-order chi connectivity index (χ0) is 14.5. The molecule has 2 aromatic carbocycles. The van der Waals surface area contributed by atoms with E-state index in [1.165, 1.54) is 31.2 Å². The number of carbonyl (C=O) groups is 2. The van der Waals surface area contributed by atoms with Gasteiger partial charge in [0.15, 0.2) is 0 Å². The van der Waals surface area contributed by atoms with Crippen molar-refractivity contribution in [2.75, 3.05) is 10.6 Å². The highest BCUT2D eigenvalue weighted by Gasteiger charge is 2.06. The number of anilines is 2. The van der Waals surface area contributed by atoms with Gasteiger partial charge in [-0.3, -0.25) is 9.59 Å². The lowest BCUT2D eigenvalue weighted by Gasteiger charge is -2.08. The zero-order valence-corrected chi connectivity index (χ0v) is 10.9. The minimum Gasteiger partial charge on any atom is -0.508 e. The van der Waals surface area contributed by atoms with Gasteiger partial charge in [0, 0.05) is 23.9 Å².